The molecule has 3 unspecified atom stereocenters. The van der Waals surface area contributed by atoms with Gasteiger partial charge in [-0.2, -0.15) is 0 Å². The van der Waals surface area contributed by atoms with E-state index >= 15 is 0 Å². The van der Waals surface area contributed by atoms with Gasteiger partial charge in [-0.25, -0.2) is 0 Å². The molecule has 0 bridgehead atoms. The van der Waals surface area contributed by atoms with Crippen LogP contribution in [0.15, 0.2) is 35.7 Å². The van der Waals surface area contributed by atoms with Crippen LogP contribution in [-0.2, 0) is 11.2 Å². The molecule has 0 spiro atoms. The van der Waals surface area contributed by atoms with Crippen molar-refractivity contribution in [3.63, 3.8) is 0 Å². The van der Waals surface area contributed by atoms with Crippen molar-refractivity contribution >= 4 is 32.1 Å². The highest BCUT2D eigenvalue weighted by atomic mass is 32.2. The number of rotatable bonds is 5. The van der Waals surface area contributed by atoms with E-state index in [4.69, 9.17) is 9.47 Å². The van der Waals surface area contributed by atoms with Gasteiger partial charge >= 0.3 is 0 Å². The molecule has 28 heavy (non-hydrogen) atoms. The number of methoxy groups -OCH3 is 1. The van der Waals surface area contributed by atoms with E-state index < -0.39 is 37.1 Å². The molecule has 0 aliphatic carbocycles. The van der Waals surface area contributed by atoms with Gasteiger partial charge in [0.05, 0.1) is 17.7 Å². The minimum Gasteiger partial charge on any atom is -0.496 e. The normalized spacial score (nSPS) is 28.0. The molecule has 4 rings (SSSR count). The molecule has 1 aromatic carbocycles. The number of aliphatic hydroxyl groups is 4. The van der Waals surface area contributed by atoms with E-state index in [2.05, 4.69) is 17.5 Å². The van der Waals surface area contributed by atoms with Crippen LogP contribution in [0.3, 0.4) is 0 Å². The average molecular weight is 423 g/mol. The lowest BCUT2D eigenvalue weighted by atomic mass is 9.90. The topological polar surface area (TPSA) is 99.4 Å². The van der Waals surface area contributed by atoms with Crippen LogP contribution in [0, 0.1) is 0 Å². The molecule has 5 atom stereocenters. The molecule has 150 valence electrons. The summed E-state index contributed by atoms with van der Waals surface area (Å²) in [4.78, 5) is 1.23. The van der Waals surface area contributed by atoms with Crippen molar-refractivity contribution < 1.29 is 29.9 Å². The summed E-state index contributed by atoms with van der Waals surface area (Å²) in [6.45, 7) is -0.463. The molecular formula is C20H22O6S2. The summed E-state index contributed by atoms with van der Waals surface area (Å²) in [6, 6.07) is 9.93. The summed E-state index contributed by atoms with van der Waals surface area (Å²) in [5.41, 5.74) is 1.59. The van der Waals surface area contributed by atoms with E-state index in [0.717, 1.165) is 12.0 Å². The van der Waals surface area contributed by atoms with Crippen LogP contribution < -0.4 is 4.74 Å². The first-order chi connectivity index (χ1) is 13.5. The van der Waals surface area contributed by atoms with Gasteiger partial charge in [-0.05, 0) is 35.2 Å². The zero-order valence-corrected chi connectivity index (χ0v) is 16.8. The number of ether oxygens (including phenoxy) is 2. The SMILES string of the molecule is COc1ccc(Cc2cc3ccsc3s2)cc1C1OC(CO)[C@@H](O)C(O)[C@H]1O. The summed E-state index contributed by atoms with van der Waals surface area (Å²) in [5, 5.41) is 43.4. The molecule has 8 heteroatoms. The maximum atomic E-state index is 10.5. The Balaban J connectivity index is 1.65. The van der Waals surface area contributed by atoms with Gasteiger partial charge in [-0.15, -0.1) is 22.7 Å². The highest BCUT2D eigenvalue weighted by Crippen LogP contribution is 2.38. The third-order valence-corrected chi connectivity index (χ3v) is 7.28. The van der Waals surface area contributed by atoms with Crippen LogP contribution in [0.5, 0.6) is 5.75 Å². The highest BCUT2D eigenvalue weighted by Gasteiger charge is 2.44. The molecule has 1 aliphatic heterocycles. The minimum absolute atomic E-state index is 0.463. The zero-order valence-electron chi connectivity index (χ0n) is 15.2. The second kappa shape index (κ2) is 8.08. The van der Waals surface area contributed by atoms with Crippen LogP contribution in [-0.4, -0.2) is 58.6 Å². The van der Waals surface area contributed by atoms with Gasteiger partial charge in [-0.1, -0.05) is 6.07 Å². The number of aliphatic hydroxyl groups excluding tert-OH is 4. The van der Waals surface area contributed by atoms with Crippen LogP contribution in [0.2, 0.25) is 0 Å². The summed E-state index contributed by atoms with van der Waals surface area (Å²) >= 11 is 3.48. The molecule has 6 nitrogen and oxygen atoms in total. The molecule has 3 heterocycles. The Kier molecular flexibility index (Phi) is 5.71. The Labute approximate surface area is 170 Å². The molecule has 0 amide bonds. The molecule has 0 saturated carbocycles. The van der Waals surface area contributed by atoms with Crippen molar-refractivity contribution in [2.24, 2.45) is 0 Å². The lowest BCUT2D eigenvalue weighted by Crippen LogP contribution is -2.55. The van der Waals surface area contributed by atoms with E-state index in [-0.39, 0.29) is 0 Å². The van der Waals surface area contributed by atoms with E-state index in [9.17, 15) is 20.4 Å². The predicted octanol–water partition coefficient (Wildman–Crippen LogP) is 2.08. The molecule has 2 aromatic heterocycles. The molecule has 1 aliphatic rings. The third-order valence-electron chi connectivity index (χ3n) is 5.07. The minimum atomic E-state index is -1.42. The number of fused-ring (bicyclic) bond motifs is 1. The summed E-state index contributed by atoms with van der Waals surface area (Å²) in [5.74, 6) is 0.514. The average Bonchev–Trinajstić information content (AvgIpc) is 3.28. The van der Waals surface area contributed by atoms with Crippen LogP contribution in [0.4, 0.5) is 0 Å². The Hall–Kier alpha value is -1.52. The Morgan fingerprint density at radius 3 is 2.61 bits per heavy atom. The molecule has 1 fully saturated rings. The zero-order chi connectivity index (χ0) is 19.8. The van der Waals surface area contributed by atoms with Crippen LogP contribution in [0.25, 0.3) is 9.40 Å². The Morgan fingerprint density at radius 2 is 1.89 bits per heavy atom. The van der Waals surface area contributed by atoms with Crippen molar-refractivity contribution in [2.75, 3.05) is 13.7 Å². The van der Waals surface area contributed by atoms with Gasteiger partial charge in [0.25, 0.3) is 0 Å². The summed E-state index contributed by atoms with van der Waals surface area (Å²) in [7, 11) is 1.52. The monoisotopic (exact) mass is 422 g/mol. The molecule has 0 radical (unpaired) electrons. The molecule has 1 saturated heterocycles. The smallest absolute Gasteiger partial charge is 0.124 e. The fourth-order valence-corrected chi connectivity index (χ4v) is 5.77. The first-order valence-corrected chi connectivity index (χ1v) is 10.6. The largest absolute Gasteiger partial charge is 0.496 e. The van der Waals surface area contributed by atoms with Gasteiger partial charge < -0.3 is 29.9 Å². The van der Waals surface area contributed by atoms with Gasteiger partial charge in [0.2, 0.25) is 0 Å². The number of benzene rings is 1. The van der Waals surface area contributed by atoms with Crippen LogP contribution >= 0.6 is 22.7 Å². The van der Waals surface area contributed by atoms with Crippen molar-refractivity contribution in [3.8, 4) is 5.75 Å². The summed E-state index contributed by atoms with van der Waals surface area (Å²) < 4.78 is 12.4. The maximum absolute atomic E-state index is 10.5. The predicted molar refractivity (Wildman–Crippen MR) is 108 cm³/mol. The van der Waals surface area contributed by atoms with Gasteiger partial charge in [0.1, 0.15) is 36.3 Å². The maximum Gasteiger partial charge on any atom is 0.124 e. The lowest BCUT2D eigenvalue weighted by molar-refractivity contribution is -0.232. The van der Waals surface area contributed by atoms with Gasteiger partial charge in [0.15, 0.2) is 0 Å². The number of thiophene rings is 2. The third kappa shape index (κ3) is 3.57. The Bertz CT molecular complexity index is 921. The number of hydrogen-bond acceptors (Lipinski definition) is 8. The van der Waals surface area contributed by atoms with Crippen molar-refractivity contribution in [2.45, 2.75) is 36.9 Å². The van der Waals surface area contributed by atoms with E-state index in [1.54, 1.807) is 22.7 Å². The second-order valence-electron chi connectivity index (χ2n) is 6.88. The fourth-order valence-electron chi connectivity index (χ4n) is 3.58. The van der Waals surface area contributed by atoms with Gasteiger partial charge in [0, 0.05) is 22.2 Å². The first-order valence-electron chi connectivity index (χ1n) is 8.95. The lowest BCUT2D eigenvalue weighted by Gasteiger charge is -2.40. The van der Waals surface area contributed by atoms with Gasteiger partial charge in [-0.3, -0.25) is 0 Å². The summed E-state index contributed by atoms with van der Waals surface area (Å²) in [6.07, 6.45) is -5.30. The quantitative estimate of drug-likeness (QED) is 0.503. The molecule has 4 N–H and O–H groups in total. The molecule has 3 aromatic rings. The Morgan fingerprint density at radius 1 is 1.07 bits per heavy atom. The van der Waals surface area contributed by atoms with Crippen LogP contribution in [0.1, 0.15) is 22.1 Å². The van der Waals surface area contributed by atoms with Crippen molar-refractivity contribution in [3.05, 3.63) is 51.7 Å². The first kappa shape index (κ1) is 19.8. The standard InChI is InChI=1S/C20H22O6S2/c1-25-14-3-2-10(6-12-8-11-4-5-27-20(11)28-12)7-13(14)19-18(24)17(23)16(22)15(9-21)26-19/h2-5,7-8,15-19,21-24H,6,9H2,1H3/t15?,16-,17?,18-,19?/m1/s1. The van der Waals surface area contributed by atoms with E-state index in [1.807, 2.05) is 18.2 Å². The number of hydrogen-bond donors (Lipinski definition) is 4. The second-order valence-corrected chi connectivity index (χ2v) is 9.19. The van der Waals surface area contributed by atoms with Crippen molar-refractivity contribution in [1.29, 1.82) is 0 Å². The van der Waals surface area contributed by atoms with E-state index in [0.29, 0.717) is 11.3 Å². The fraction of sp³-hybridized carbons (Fsp3) is 0.400. The van der Waals surface area contributed by atoms with Crippen molar-refractivity contribution in [1.82, 2.24) is 0 Å². The molecular weight excluding hydrogens is 400 g/mol. The highest BCUT2D eigenvalue weighted by molar-refractivity contribution is 7.37. The van der Waals surface area contributed by atoms with E-state index in [1.165, 1.54) is 21.4 Å².